The zero-order chi connectivity index (χ0) is 31.2. The highest BCUT2D eigenvalue weighted by atomic mass is 35.5. The first-order valence-corrected chi connectivity index (χ1v) is 14.3. The first-order valence-electron chi connectivity index (χ1n) is 13.6. The van der Waals surface area contributed by atoms with E-state index in [0.29, 0.717) is 33.6 Å². The summed E-state index contributed by atoms with van der Waals surface area (Å²) in [6.07, 6.45) is 4.79. The van der Waals surface area contributed by atoms with Gasteiger partial charge in [-0.2, -0.15) is 4.90 Å². The van der Waals surface area contributed by atoms with Crippen LogP contribution in [0.15, 0.2) is 24.8 Å². The van der Waals surface area contributed by atoms with Crippen LogP contribution in [0.25, 0.3) is 11.2 Å². The SMILES string of the molecule is CN(C)C[CH]CCCOc1ccc(Cl)c(Cl)c1Cn1cnc2c(N(C(=O)OC(C)(C)C)C(=O)OC(C)(C)C)ncnc21. The van der Waals surface area contributed by atoms with E-state index in [9.17, 15) is 9.59 Å². The van der Waals surface area contributed by atoms with Crippen LogP contribution in [-0.4, -0.2) is 75.1 Å². The Morgan fingerprint density at radius 3 is 2.21 bits per heavy atom. The number of nitrogens with zero attached hydrogens (tertiary/aromatic N) is 6. The highest BCUT2D eigenvalue weighted by molar-refractivity contribution is 6.42. The Balaban J connectivity index is 1.94. The number of ether oxygens (including phenoxy) is 3. The van der Waals surface area contributed by atoms with E-state index in [1.165, 1.54) is 12.7 Å². The van der Waals surface area contributed by atoms with Crippen molar-refractivity contribution < 1.29 is 23.8 Å². The third kappa shape index (κ3) is 9.17. The number of imide groups is 1. The van der Waals surface area contributed by atoms with Gasteiger partial charge in [0.2, 0.25) is 0 Å². The summed E-state index contributed by atoms with van der Waals surface area (Å²) in [5.74, 6) is 0.502. The van der Waals surface area contributed by atoms with Gasteiger partial charge in [-0.25, -0.2) is 24.5 Å². The lowest BCUT2D eigenvalue weighted by Crippen LogP contribution is -2.44. The van der Waals surface area contributed by atoms with E-state index < -0.39 is 23.4 Å². The van der Waals surface area contributed by atoms with Gasteiger partial charge in [-0.3, -0.25) is 0 Å². The fraction of sp³-hybridized carbons (Fsp3) is 0.517. The summed E-state index contributed by atoms with van der Waals surface area (Å²) in [5.41, 5.74) is -0.597. The average molecular weight is 623 g/mol. The zero-order valence-corrected chi connectivity index (χ0v) is 26.9. The minimum Gasteiger partial charge on any atom is -0.493 e. The van der Waals surface area contributed by atoms with Crippen LogP contribution in [-0.2, 0) is 16.0 Å². The van der Waals surface area contributed by atoms with Gasteiger partial charge >= 0.3 is 12.2 Å². The van der Waals surface area contributed by atoms with Crippen LogP contribution >= 0.6 is 23.2 Å². The molecule has 0 saturated heterocycles. The molecule has 0 unspecified atom stereocenters. The molecule has 229 valence electrons. The number of hydrogen-bond acceptors (Lipinski definition) is 9. The number of carbonyl (C=O) groups excluding carboxylic acids is 2. The van der Waals surface area contributed by atoms with Crippen molar-refractivity contribution in [1.82, 2.24) is 24.4 Å². The van der Waals surface area contributed by atoms with Crippen molar-refractivity contribution in [2.24, 2.45) is 0 Å². The number of rotatable bonds is 10. The van der Waals surface area contributed by atoms with Gasteiger partial charge in [0, 0.05) is 12.1 Å². The maximum Gasteiger partial charge on any atom is 0.425 e. The van der Waals surface area contributed by atoms with Gasteiger partial charge in [0.05, 0.1) is 29.5 Å². The monoisotopic (exact) mass is 621 g/mol. The second-order valence-corrected chi connectivity index (χ2v) is 12.7. The molecule has 0 atom stereocenters. The van der Waals surface area contributed by atoms with Crippen LogP contribution in [0.4, 0.5) is 15.4 Å². The Hall–Kier alpha value is -3.15. The largest absolute Gasteiger partial charge is 0.493 e. The minimum atomic E-state index is -0.956. The average Bonchev–Trinajstić information content (AvgIpc) is 3.26. The molecule has 3 rings (SSSR count). The maximum absolute atomic E-state index is 13.2. The first kappa shape index (κ1) is 33.4. The quantitative estimate of drug-likeness (QED) is 0.226. The lowest BCUT2D eigenvalue weighted by atomic mass is 10.2. The highest BCUT2D eigenvalue weighted by Gasteiger charge is 2.35. The number of halogens is 2. The summed E-state index contributed by atoms with van der Waals surface area (Å²) >= 11 is 13.0. The molecule has 0 aliphatic rings. The number of fused-ring (bicyclic) bond motifs is 1. The number of hydrogen-bond donors (Lipinski definition) is 0. The van der Waals surface area contributed by atoms with Crippen LogP contribution in [0.2, 0.25) is 10.0 Å². The molecule has 0 fully saturated rings. The van der Waals surface area contributed by atoms with Gasteiger partial charge in [-0.05, 0) is 87.0 Å². The van der Waals surface area contributed by atoms with Crippen molar-refractivity contribution in [2.45, 2.75) is 72.1 Å². The number of benzene rings is 1. The van der Waals surface area contributed by atoms with Gasteiger partial charge in [-0.15, -0.1) is 0 Å². The summed E-state index contributed by atoms with van der Waals surface area (Å²) < 4.78 is 18.8. The summed E-state index contributed by atoms with van der Waals surface area (Å²) in [6, 6.07) is 3.46. The normalized spacial score (nSPS) is 12.1. The molecular weight excluding hydrogens is 583 g/mol. The summed E-state index contributed by atoms with van der Waals surface area (Å²) in [6.45, 7) is 11.8. The standard InChI is InChI=1S/C29H39Cl2N6O5/c1-28(2,3)41-26(38)37(27(39)42-29(4,5)6)25-23-24(32-17-33-25)36(18-34-23)16-19-21(13-12-20(30)22(19)31)40-15-11-9-10-14-35(7)8/h10,12-13,17-18H,9,11,14-16H2,1-8H3. The molecule has 0 spiro atoms. The second kappa shape index (κ2) is 13.9. The van der Waals surface area contributed by atoms with Crippen LogP contribution in [0.5, 0.6) is 5.75 Å². The third-order valence-corrected chi connectivity index (χ3v) is 6.38. The Morgan fingerprint density at radius 2 is 1.62 bits per heavy atom. The minimum absolute atomic E-state index is 0.0788. The zero-order valence-electron chi connectivity index (χ0n) is 25.4. The van der Waals surface area contributed by atoms with E-state index in [2.05, 4.69) is 26.3 Å². The number of amides is 2. The Morgan fingerprint density at radius 1 is 0.976 bits per heavy atom. The molecule has 42 heavy (non-hydrogen) atoms. The molecular formula is C29H39Cl2N6O5. The Kier molecular flexibility index (Phi) is 11.0. The van der Waals surface area contributed by atoms with Crippen molar-refractivity contribution in [3.63, 3.8) is 0 Å². The topological polar surface area (TPSA) is 112 Å². The molecule has 13 heteroatoms. The van der Waals surface area contributed by atoms with E-state index in [0.717, 1.165) is 24.3 Å². The van der Waals surface area contributed by atoms with Crippen molar-refractivity contribution in [3.05, 3.63) is 46.8 Å². The van der Waals surface area contributed by atoms with Crippen molar-refractivity contribution in [3.8, 4) is 5.75 Å². The number of aromatic nitrogens is 4. The number of anilines is 1. The van der Waals surface area contributed by atoms with E-state index in [1.807, 2.05) is 14.1 Å². The van der Waals surface area contributed by atoms with Crippen molar-refractivity contribution in [1.29, 1.82) is 0 Å². The molecule has 2 aromatic heterocycles. The summed E-state index contributed by atoms with van der Waals surface area (Å²) in [5, 5.41) is 0.715. The van der Waals surface area contributed by atoms with Gasteiger partial charge < -0.3 is 23.7 Å². The lowest BCUT2D eigenvalue weighted by Gasteiger charge is -2.28. The molecule has 0 aliphatic heterocycles. The number of imidazole rings is 1. The Bertz CT molecular complexity index is 1370. The molecule has 0 aliphatic carbocycles. The van der Waals surface area contributed by atoms with Gasteiger partial charge in [0.15, 0.2) is 17.0 Å². The van der Waals surface area contributed by atoms with E-state index in [4.69, 9.17) is 37.4 Å². The van der Waals surface area contributed by atoms with Crippen molar-refractivity contribution >= 4 is 52.4 Å². The fourth-order valence-corrected chi connectivity index (χ4v) is 4.19. The summed E-state index contributed by atoms with van der Waals surface area (Å²) in [7, 11) is 4.05. The molecule has 11 nitrogen and oxygen atoms in total. The van der Waals surface area contributed by atoms with Crippen LogP contribution < -0.4 is 9.64 Å². The second-order valence-electron chi connectivity index (χ2n) is 11.9. The highest BCUT2D eigenvalue weighted by Crippen LogP contribution is 2.35. The number of carbonyl (C=O) groups is 2. The fourth-order valence-electron chi connectivity index (χ4n) is 3.80. The lowest BCUT2D eigenvalue weighted by molar-refractivity contribution is 0.0429. The van der Waals surface area contributed by atoms with Gasteiger partial charge in [0.1, 0.15) is 23.3 Å². The molecule has 2 heterocycles. The third-order valence-electron chi connectivity index (χ3n) is 5.53. The van der Waals surface area contributed by atoms with Crippen molar-refractivity contribution in [2.75, 3.05) is 32.1 Å². The smallest absolute Gasteiger partial charge is 0.425 e. The molecule has 1 radical (unpaired) electrons. The molecule has 3 aromatic rings. The Labute approximate surface area is 257 Å². The first-order chi connectivity index (χ1) is 19.6. The maximum atomic E-state index is 13.2. The van der Waals surface area contributed by atoms with Gasteiger partial charge in [0.25, 0.3) is 0 Å². The van der Waals surface area contributed by atoms with E-state index in [1.54, 1.807) is 58.2 Å². The summed E-state index contributed by atoms with van der Waals surface area (Å²) in [4.78, 5) is 42.3. The van der Waals surface area contributed by atoms with Gasteiger partial charge in [-0.1, -0.05) is 23.2 Å². The predicted molar refractivity (Wildman–Crippen MR) is 163 cm³/mol. The van der Waals surface area contributed by atoms with Crippen LogP contribution in [0.3, 0.4) is 0 Å². The molecule has 2 amide bonds. The molecule has 1 aromatic carbocycles. The molecule has 0 N–H and O–H groups in total. The van der Waals surface area contributed by atoms with Crippen LogP contribution in [0.1, 0.15) is 59.9 Å². The molecule has 0 saturated carbocycles. The van der Waals surface area contributed by atoms with E-state index >= 15 is 0 Å². The van der Waals surface area contributed by atoms with E-state index in [-0.39, 0.29) is 17.9 Å². The predicted octanol–water partition coefficient (Wildman–Crippen LogP) is 6.78. The number of unbranched alkanes of at least 4 members (excludes halogenated alkanes) is 2. The van der Waals surface area contributed by atoms with Crippen LogP contribution in [0, 0.1) is 6.42 Å². The molecule has 0 bridgehead atoms.